The zero-order valence-corrected chi connectivity index (χ0v) is 23.8. The van der Waals surface area contributed by atoms with Crippen molar-refractivity contribution >= 4 is 34.6 Å². The summed E-state index contributed by atoms with van der Waals surface area (Å²) >= 11 is 0. The van der Waals surface area contributed by atoms with Gasteiger partial charge in [0, 0.05) is 11.3 Å². The molecule has 8 heteroatoms. The smallest absolute Gasteiger partial charge is 0.179 e. The number of aromatic nitrogens is 2. The van der Waals surface area contributed by atoms with E-state index in [0.29, 0.717) is 17.4 Å². The first-order valence-electron chi connectivity index (χ1n) is 13.8. The molecule has 2 aliphatic rings. The quantitative estimate of drug-likeness (QED) is 0.243. The van der Waals surface area contributed by atoms with Gasteiger partial charge in [0.15, 0.2) is 29.0 Å². The SMILES string of the molecule is COc1cc([C@H]2c3c(C)nn(-c4ccccc4)c3N=C3C(Nc4cc(C)cc(C)c4)=Nc4ccccc4N32)ccc1O. The van der Waals surface area contributed by atoms with Crippen LogP contribution in [0.25, 0.3) is 5.69 Å². The Hall–Kier alpha value is -5.37. The van der Waals surface area contributed by atoms with Gasteiger partial charge in [0.05, 0.1) is 35.9 Å². The molecule has 2 N–H and O–H groups in total. The predicted molar refractivity (Wildman–Crippen MR) is 167 cm³/mol. The van der Waals surface area contributed by atoms with Crippen molar-refractivity contribution in [2.45, 2.75) is 26.8 Å². The van der Waals surface area contributed by atoms with E-state index in [4.69, 9.17) is 19.8 Å². The molecule has 0 amide bonds. The summed E-state index contributed by atoms with van der Waals surface area (Å²) in [6, 6.07) is 29.6. The number of hydrogen-bond acceptors (Lipinski definition) is 7. The average Bonchev–Trinajstić information content (AvgIpc) is 3.32. The fourth-order valence-corrected chi connectivity index (χ4v) is 5.91. The number of anilines is 2. The summed E-state index contributed by atoms with van der Waals surface area (Å²) in [5.74, 6) is 2.53. The standard InChI is InChI=1S/C34H30N6O2/c1-20-16-21(2)18-24(17-20)35-32-34-37-33-30(22(3)38-40(33)25-10-6-5-7-11-25)31(23-14-15-28(41)29(19-23)42-4)39(34)27-13-9-8-12-26(27)36-32/h5-19,31,41H,1-4H3,(H,35,36)/t31-/m0/s1. The number of aliphatic imine (C=N–C) groups is 2. The first kappa shape index (κ1) is 25.6. The number of methoxy groups -OCH3 is 1. The van der Waals surface area contributed by atoms with Crippen molar-refractivity contribution in [2.75, 3.05) is 17.3 Å². The minimum atomic E-state index is -0.327. The third-order valence-corrected chi connectivity index (χ3v) is 7.64. The molecule has 1 aromatic heterocycles. The molecule has 2 aliphatic heterocycles. The van der Waals surface area contributed by atoms with Gasteiger partial charge < -0.3 is 20.1 Å². The zero-order chi connectivity index (χ0) is 29.0. The fourth-order valence-electron chi connectivity index (χ4n) is 5.91. The monoisotopic (exact) mass is 554 g/mol. The Morgan fingerprint density at radius 1 is 0.833 bits per heavy atom. The van der Waals surface area contributed by atoms with Gasteiger partial charge in [-0.05, 0) is 86.0 Å². The Kier molecular flexibility index (Phi) is 6.04. The van der Waals surface area contributed by atoms with Gasteiger partial charge in [-0.2, -0.15) is 5.10 Å². The number of para-hydroxylation sites is 3. The Morgan fingerprint density at radius 3 is 2.33 bits per heavy atom. The lowest BCUT2D eigenvalue weighted by molar-refractivity contribution is 0.372. The molecule has 7 rings (SSSR count). The van der Waals surface area contributed by atoms with Crippen LogP contribution in [0.1, 0.15) is 34.0 Å². The first-order valence-corrected chi connectivity index (χ1v) is 13.8. The van der Waals surface area contributed by atoms with Crippen LogP contribution in [0.3, 0.4) is 0 Å². The molecule has 5 aromatic rings. The number of ether oxygens (including phenoxy) is 1. The molecule has 4 aromatic carbocycles. The number of rotatable bonds is 4. The zero-order valence-electron chi connectivity index (χ0n) is 23.8. The topological polar surface area (TPSA) is 87.3 Å². The van der Waals surface area contributed by atoms with Crippen LogP contribution in [0.5, 0.6) is 11.5 Å². The highest BCUT2D eigenvalue weighted by Gasteiger charge is 2.41. The van der Waals surface area contributed by atoms with E-state index in [0.717, 1.165) is 56.5 Å². The molecule has 8 nitrogen and oxygen atoms in total. The van der Waals surface area contributed by atoms with Gasteiger partial charge >= 0.3 is 0 Å². The number of fused-ring (bicyclic) bond motifs is 4. The maximum atomic E-state index is 10.5. The molecule has 1 atom stereocenters. The molecule has 0 saturated heterocycles. The normalized spacial score (nSPS) is 15.2. The van der Waals surface area contributed by atoms with Crippen LogP contribution in [-0.2, 0) is 0 Å². The highest BCUT2D eigenvalue weighted by Crippen LogP contribution is 2.49. The van der Waals surface area contributed by atoms with Crippen LogP contribution in [0, 0.1) is 20.8 Å². The van der Waals surface area contributed by atoms with Gasteiger partial charge in [0.1, 0.15) is 0 Å². The first-order chi connectivity index (χ1) is 20.4. The largest absolute Gasteiger partial charge is 0.504 e. The van der Waals surface area contributed by atoms with Gasteiger partial charge in [-0.15, -0.1) is 0 Å². The second-order valence-electron chi connectivity index (χ2n) is 10.7. The molecule has 0 unspecified atom stereocenters. The minimum Gasteiger partial charge on any atom is -0.504 e. The number of phenols is 1. The number of phenolic OH excluding ortho intramolecular Hbond substituents is 1. The number of benzene rings is 4. The summed E-state index contributed by atoms with van der Waals surface area (Å²) in [7, 11) is 1.56. The highest BCUT2D eigenvalue weighted by atomic mass is 16.5. The number of hydrogen-bond donors (Lipinski definition) is 2. The maximum Gasteiger partial charge on any atom is 0.179 e. The Labute approximate surface area is 244 Å². The summed E-state index contributed by atoms with van der Waals surface area (Å²) in [6.07, 6.45) is 0. The molecule has 0 bridgehead atoms. The van der Waals surface area contributed by atoms with Crippen molar-refractivity contribution in [2.24, 2.45) is 9.98 Å². The number of aryl methyl sites for hydroxylation is 3. The number of amidine groups is 2. The summed E-state index contributed by atoms with van der Waals surface area (Å²) < 4.78 is 7.44. The van der Waals surface area contributed by atoms with Gasteiger partial charge in [0.25, 0.3) is 0 Å². The Balaban J connectivity index is 1.50. The van der Waals surface area contributed by atoms with Crippen LogP contribution in [0.2, 0.25) is 0 Å². The molecule has 208 valence electrons. The fraction of sp³-hybridized carbons (Fsp3) is 0.147. The van der Waals surface area contributed by atoms with Crippen LogP contribution in [0.4, 0.5) is 22.9 Å². The van der Waals surface area contributed by atoms with E-state index in [1.165, 1.54) is 0 Å². The van der Waals surface area contributed by atoms with E-state index in [2.05, 4.69) is 48.3 Å². The van der Waals surface area contributed by atoms with Crippen molar-refractivity contribution in [1.29, 1.82) is 0 Å². The molecule has 0 aliphatic carbocycles. The van der Waals surface area contributed by atoms with Crippen molar-refractivity contribution in [3.8, 4) is 17.2 Å². The van der Waals surface area contributed by atoms with Crippen LogP contribution in [-0.4, -0.2) is 33.7 Å². The van der Waals surface area contributed by atoms with Crippen molar-refractivity contribution in [3.05, 3.63) is 119 Å². The van der Waals surface area contributed by atoms with E-state index in [1.54, 1.807) is 13.2 Å². The molecular weight excluding hydrogens is 524 g/mol. The molecule has 0 saturated carbocycles. The molecule has 3 heterocycles. The van der Waals surface area contributed by atoms with Crippen molar-refractivity contribution in [1.82, 2.24) is 9.78 Å². The lowest BCUT2D eigenvalue weighted by atomic mass is 9.93. The summed E-state index contributed by atoms with van der Waals surface area (Å²) in [6.45, 7) is 6.19. The number of nitrogens with one attached hydrogen (secondary N) is 1. The Morgan fingerprint density at radius 2 is 1.57 bits per heavy atom. The molecule has 0 spiro atoms. The minimum absolute atomic E-state index is 0.0839. The number of nitrogens with zero attached hydrogens (tertiary/aromatic N) is 5. The highest BCUT2D eigenvalue weighted by molar-refractivity contribution is 6.51. The van der Waals surface area contributed by atoms with E-state index < -0.39 is 0 Å². The summed E-state index contributed by atoms with van der Waals surface area (Å²) in [4.78, 5) is 12.6. The lowest BCUT2D eigenvalue weighted by Crippen LogP contribution is -2.46. The van der Waals surface area contributed by atoms with Crippen LogP contribution < -0.4 is 15.0 Å². The molecule has 0 fully saturated rings. The second kappa shape index (κ2) is 9.92. The van der Waals surface area contributed by atoms with Crippen LogP contribution >= 0.6 is 0 Å². The predicted octanol–water partition coefficient (Wildman–Crippen LogP) is 7.31. The van der Waals surface area contributed by atoms with Gasteiger partial charge in [0.2, 0.25) is 0 Å². The van der Waals surface area contributed by atoms with E-state index in [-0.39, 0.29) is 11.8 Å². The number of aromatic hydroxyl groups is 1. The third-order valence-electron chi connectivity index (χ3n) is 7.64. The molecule has 42 heavy (non-hydrogen) atoms. The maximum absolute atomic E-state index is 10.5. The summed E-state index contributed by atoms with van der Waals surface area (Å²) in [5, 5.41) is 19.0. The average molecular weight is 555 g/mol. The van der Waals surface area contributed by atoms with Gasteiger partial charge in [-0.3, -0.25) is 0 Å². The van der Waals surface area contributed by atoms with E-state index in [9.17, 15) is 5.11 Å². The van der Waals surface area contributed by atoms with E-state index >= 15 is 0 Å². The molecule has 0 radical (unpaired) electrons. The third kappa shape index (κ3) is 4.19. The van der Waals surface area contributed by atoms with Crippen molar-refractivity contribution < 1.29 is 9.84 Å². The van der Waals surface area contributed by atoms with Crippen molar-refractivity contribution in [3.63, 3.8) is 0 Å². The Bertz CT molecular complexity index is 1890. The van der Waals surface area contributed by atoms with Gasteiger partial charge in [-0.25, -0.2) is 14.7 Å². The van der Waals surface area contributed by atoms with Crippen LogP contribution in [0.15, 0.2) is 101 Å². The van der Waals surface area contributed by atoms with E-state index in [1.807, 2.05) is 72.3 Å². The van der Waals surface area contributed by atoms with Gasteiger partial charge in [-0.1, -0.05) is 42.5 Å². The second-order valence-corrected chi connectivity index (χ2v) is 10.7. The lowest BCUT2D eigenvalue weighted by Gasteiger charge is -2.40. The summed E-state index contributed by atoms with van der Waals surface area (Å²) in [5.41, 5.74) is 8.68. The molecular formula is C34H30N6O2.